The summed E-state index contributed by atoms with van der Waals surface area (Å²) in [4.78, 5) is 35.3. The highest BCUT2D eigenvalue weighted by Gasteiger charge is 2.23. The number of amides is 2. The van der Waals surface area contributed by atoms with Crippen molar-refractivity contribution < 1.29 is 34.2 Å². The molecule has 2 atom stereocenters. The van der Waals surface area contributed by atoms with E-state index >= 15 is 0 Å². The number of nitrogens with one attached hydrogen (secondary N) is 2. The normalized spacial score (nSPS) is 12.6. The van der Waals surface area contributed by atoms with Crippen LogP contribution in [0.1, 0.15) is 35.9 Å². The van der Waals surface area contributed by atoms with Gasteiger partial charge >= 0.3 is 6.09 Å². The molecule has 0 aromatic heterocycles. The van der Waals surface area contributed by atoms with Crippen LogP contribution in [-0.2, 0) is 9.53 Å². The van der Waals surface area contributed by atoms with Gasteiger partial charge in [0.15, 0.2) is 5.78 Å². The van der Waals surface area contributed by atoms with Crippen LogP contribution in [0.2, 0.25) is 0 Å². The number of Topliss-reactive ketones (excluding diaryl/α,β-unsaturated/α-hetero) is 1. The SMILES string of the molecule is CC(=O)c1ccc(NC(=O)O[C@H](c2cccc(OCCO)c2)[C@@H](C)/C=C/C(=O)NO)cc1. The molecule has 0 spiro atoms. The van der Waals surface area contributed by atoms with Gasteiger partial charge in [-0.3, -0.25) is 20.1 Å². The molecule has 0 bridgehead atoms. The first kappa shape index (κ1) is 24.6. The number of hydrogen-bond donors (Lipinski definition) is 4. The summed E-state index contributed by atoms with van der Waals surface area (Å²) < 4.78 is 11.1. The molecular weight excluding hydrogens is 416 g/mol. The van der Waals surface area contributed by atoms with Gasteiger partial charge in [-0.25, -0.2) is 10.3 Å². The number of ketones is 1. The van der Waals surface area contributed by atoms with Gasteiger partial charge in [-0.15, -0.1) is 0 Å². The topological polar surface area (TPSA) is 134 Å². The van der Waals surface area contributed by atoms with E-state index in [-0.39, 0.29) is 19.0 Å². The summed E-state index contributed by atoms with van der Waals surface area (Å²) in [5.74, 6) is -0.776. The predicted molar refractivity (Wildman–Crippen MR) is 117 cm³/mol. The molecule has 0 aliphatic heterocycles. The maximum atomic E-state index is 12.6. The Labute approximate surface area is 185 Å². The number of benzene rings is 2. The quantitative estimate of drug-likeness (QED) is 0.192. The Hall–Kier alpha value is -3.69. The molecule has 32 heavy (non-hydrogen) atoms. The summed E-state index contributed by atoms with van der Waals surface area (Å²) in [6, 6.07) is 13.2. The summed E-state index contributed by atoms with van der Waals surface area (Å²) in [7, 11) is 0. The molecule has 2 aromatic rings. The third kappa shape index (κ3) is 7.53. The van der Waals surface area contributed by atoms with Gasteiger partial charge in [-0.05, 0) is 48.9 Å². The molecule has 170 valence electrons. The van der Waals surface area contributed by atoms with E-state index in [9.17, 15) is 14.4 Å². The van der Waals surface area contributed by atoms with E-state index in [0.717, 1.165) is 6.08 Å². The zero-order valence-electron chi connectivity index (χ0n) is 17.8. The Kier molecular flexibility index (Phi) is 9.40. The highest BCUT2D eigenvalue weighted by molar-refractivity contribution is 5.95. The lowest BCUT2D eigenvalue weighted by Crippen LogP contribution is -2.22. The molecule has 2 amide bonds. The van der Waals surface area contributed by atoms with Crippen LogP contribution >= 0.6 is 0 Å². The van der Waals surface area contributed by atoms with E-state index in [1.165, 1.54) is 18.5 Å². The number of ether oxygens (including phenoxy) is 2. The molecule has 0 saturated carbocycles. The lowest BCUT2D eigenvalue weighted by atomic mass is 9.96. The fraction of sp³-hybridized carbons (Fsp3) is 0.261. The number of rotatable bonds is 10. The van der Waals surface area contributed by atoms with Gasteiger partial charge in [0, 0.05) is 23.2 Å². The minimum atomic E-state index is -0.799. The largest absolute Gasteiger partial charge is 0.491 e. The number of carbonyl (C=O) groups is 3. The van der Waals surface area contributed by atoms with Crippen molar-refractivity contribution in [3.8, 4) is 5.75 Å². The Morgan fingerprint density at radius 2 is 1.84 bits per heavy atom. The molecule has 4 N–H and O–H groups in total. The number of anilines is 1. The number of hydrogen-bond acceptors (Lipinski definition) is 7. The van der Waals surface area contributed by atoms with Crippen LogP contribution in [0.15, 0.2) is 60.7 Å². The maximum absolute atomic E-state index is 12.6. The second-order valence-electron chi connectivity index (χ2n) is 6.92. The summed E-state index contributed by atoms with van der Waals surface area (Å²) in [6.07, 6.45) is 1.09. The Morgan fingerprint density at radius 1 is 1.12 bits per heavy atom. The summed E-state index contributed by atoms with van der Waals surface area (Å²) in [6.45, 7) is 3.15. The van der Waals surface area contributed by atoms with Gasteiger partial charge in [0.05, 0.1) is 6.61 Å². The van der Waals surface area contributed by atoms with Crippen LogP contribution in [0, 0.1) is 5.92 Å². The van der Waals surface area contributed by atoms with E-state index in [1.807, 2.05) is 0 Å². The van der Waals surface area contributed by atoms with Gasteiger partial charge in [0.1, 0.15) is 18.5 Å². The highest BCUT2D eigenvalue weighted by Crippen LogP contribution is 2.30. The second kappa shape index (κ2) is 12.2. The summed E-state index contributed by atoms with van der Waals surface area (Å²) in [5.41, 5.74) is 3.07. The molecule has 0 unspecified atom stereocenters. The van der Waals surface area contributed by atoms with Crippen LogP contribution in [-0.4, -0.2) is 41.3 Å². The smallest absolute Gasteiger partial charge is 0.412 e. The fourth-order valence-electron chi connectivity index (χ4n) is 2.85. The number of aliphatic hydroxyl groups is 1. The van der Waals surface area contributed by atoms with Crippen molar-refractivity contribution in [3.63, 3.8) is 0 Å². The number of aliphatic hydroxyl groups excluding tert-OH is 1. The molecule has 0 radical (unpaired) electrons. The van der Waals surface area contributed by atoms with Crippen LogP contribution in [0.25, 0.3) is 0 Å². The Morgan fingerprint density at radius 3 is 2.47 bits per heavy atom. The summed E-state index contributed by atoms with van der Waals surface area (Å²) in [5, 5.41) is 20.2. The molecule has 2 rings (SSSR count). The van der Waals surface area contributed by atoms with E-state index < -0.39 is 24.0 Å². The molecule has 0 fully saturated rings. The van der Waals surface area contributed by atoms with Gasteiger partial charge < -0.3 is 14.6 Å². The Balaban J connectivity index is 2.21. The van der Waals surface area contributed by atoms with E-state index in [4.69, 9.17) is 19.8 Å². The van der Waals surface area contributed by atoms with Gasteiger partial charge in [-0.1, -0.05) is 25.1 Å². The van der Waals surface area contributed by atoms with Crippen molar-refractivity contribution in [3.05, 3.63) is 71.8 Å². The fourth-order valence-corrected chi connectivity index (χ4v) is 2.85. The highest BCUT2D eigenvalue weighted by atomic mass is 16.6. The molecule has 0 heterocycles. The minimum absolute atomic E-state index is 0.0879. The second-order valence-corrected chi connectivity index (χ2v) is 6.92. The minimum Gasteiger partial charge on any atom is -0.491 e. The van der Waals surface area contributed by atoms with Gasteiger partial charge in [0.25, 0.3) is 5.91 Å². The van der Waals surface area contributed by atoms with E-state index in [1.54, 1.807) is 55.5 Å². The average molecular weight is 442 g/mol. The molecule has 9 nitrogen and oxygen atoms in total. The molecule has 0 aliphatic rings. The lowest BCUT2D eigenvalue weighted by Gasteiger charge is -2.23. The molecule has 9 heteroatoms. The maximum Gasteiger partial charge on any atom is 0.412 e. The zero-order valence-corrected chi connectivity index (χ0v) is 17.8. The first-order valence-electron chi connectivity index (χ1n) is 9.88. The Bertz CT molecular complexity index is 957. The molecule has 2 aromatic carbocycles. The molecular formula is C23H26N2O7. The first-order valence-corrected chi connectivity index (χ1v) is 9.88. The zero-order chi connectivity index (χ0) is 23.5. The van der Waals surface area contributed by atoms with Crippen LogP contribution < -0.4 is 15.5 Å². The van der Waals surface area contributed by atoms with Crippen molar-refractivity contribution >= 4 is 23.5 Å². The van der Waals surface area contributed by atoms with Crippen molar-refractivity contribution in [2.45, 2.75) is 20.0 Å². The lowest BCUT2D eigenvalue weighted by molar-refractivity contribution is -0.124. The monoisotopic (exact) mass is 442 g/mol. The molecule has 0 saturated heterocycles. The van der Waals surface area contributed by atoms with Crippen LogP contribution in [0.3, 0.4) is 0 Å². The van der Waals surface area contributed by atoms with Gasteiger partial charge in [0.2, 0.25) is 0 Å². The third-order valence-corrected chi connectivity index (χ3v) is 4.46. The predicted octanol–water partition coefficient (Wildman–Crippen LogP) is 3.25. The number of hydroxylamine groups is 1. The van der Waals surface area contributed by atoms with Crippen LogP contribution in [0.5, 0.6) is 5.75 Å². The van der Waals surface area contributed by atoms with E-state index in [0.29, 0.717) is 22.6 Å². The standard InChI is InChI=1S/C23H26N2O7/c1-15(6-11-21(28)25-30)22(18-4-3-5-20(14-18)31-13-12-26)32-23(29)24-19-9-7-17(8-10-19)16(2)27/h3-11,14-15,22,26,30H,12-13H2,1-2H3,(H,24,29)(H,25,28)/b11-6+/t15-,22-/m0/s1. The van der Waals surface area contributed by atoms with Crippen molar-refractivity contribution in [2.24, 2.45) is 5.92 Å². The van der Waals surface area contributed by atoms with Crippen molar-refractivity contribution in [2.75, 3.05) is 18.5 Å². The average Bonchev–Trinajstić information content (AvgIpc) is 2.79. The third-order valence-electron chi connectivity index (χ3n) is 4.46. The van der Waals surface area contributed by atoms with Gasteiger partial charge in [-0.2, -0.15) is 0 Å². The van der Waals surface area contributed by atoms with Crippen molar-refractivity contribution in [1.82, 2.24) is 5.48 Å². The first-order chi connectivity index (χ1) is 15.3. The molecule has 0 aliphatic carbocycles. The summed E-state index contributed by atoms with van der Waals surface area (Å²) >= 11 is 0. The van der Waals surface area contributed by atoms with E-state index in [2.05, 4.69) is 5.32 Å². The van der Waals surface area contributed by atoms with Crippen LogP contribution in [0.4, 0.5) is 10.5 Å². The number of carbonyl (C=O) groups excluding carboxylic acids is 3. The van der Waals surface area contributed by atoms with Crippen molar-refractivity contribution in [1.29, 1.82) is 0 Å².